The van der Waals surface area contributed by atoms with Crippen molar-refractivity contribution < 1.29 is 18.7 Å². The third-order valence-corrected chi connectivity index (χ3v) is 3.70. The highest BCUT2D eigenvalue weighted by Gasteiger charge is 2.16. The molecule has 0 aromatic heterocycles. The number of carbonyl (C=O) groups is 2. The first-order valence-corrected chi connectivity index (χ1v) is 7.95. The predicted molar refractivity (Wildman–Crippen MR) is 95.8 cm³/mol. The van der Waals surface area contributed by atoms with E-state index in [1.165, 1.54) is 31.2 Å². The minimum Gasteiger partial charge on any atom is -0.449 e. The molecule has 6 heteroatoms. The lowest BCUT2D eigenvalue weighted by molar-refractivity contribution is -0.148. The van der Waals surface area contributed by atoms with Crippen molar-refractivity contribution in [1.82, 2.24) is 0 Å². The first-order chi connectivity index (χ1) is 11.9. The van der Waals surface area contributed by atoms with Gasteiger partial charge in [-0.25, -0.2) is 9.18 Å². The number of benzene rings is 2. The predicted octanol–water partition coefficient (Wildman–Crippen LogP) is 4.37. The molecule has 0 saturated carbocycles. The summed E-state index contributed by atoms with van der Waals surface area (Å²) in [5.74, 6) is -1.79. The van der Waals surface area contributed by atoms with E-state index in [9.17, 15) is 14.0 Å². The van der Waals surface area contributed by atoms with Gasteiger partial charge in [0, 0.05) is 17.3 Å². The van der Waals surface area contributed by atoms with Gasteiger partial charge in [0.2, 0.25) is 0 Å². The smallest absolute Gasteiger partial charge is 0.331 e. The van der Waals surface area contributed by atoms with Gasteiger partial charge in [-0.1, -0.05) is 35.4 Å². The van der Waals surface area contributed by atoms with E-state index >= 15 is 0 Å². The molecule has 130 valence electrons. The lowest BCUT2D eigenvalue weighted by Crippen LogP contribution is -2.29. The third-order valence-electron chi connectivity index (χ3n) is 3.37. The van der Waals surface area contributed by atoms with Crippen molar-refractivity contribution in [3.05, 3.63) is 70.5 Å². The summed E-state index contributed by atoms with van der Waals surface area (Å²) in [6.45, 7) is 3.38. The molecule has 4 nitrogen and oxygen atoms in total. The number of esters is 1. The van der Waals surface area contributed by atoms with Crippen LogP contribution in [0.25, 0.3) is 6.08 Å². The molecule has 0 saturated heterocycles. The van der Waals surface area contributed by atoms with Crippen LogP contribution in [0.2, 0.25) is 5.02 Å². The number of amides is 1. The van der Waals surface area contributed by atoms with Gasteiger partial charge in [0.1, 0.15) is 5.82 Å². The second-order valence-electron chi connectivity index (χ2n) is 5.40. The second kappa shape index (κ2) is 8.44. The zero-order valence-corrected chi connectivity index (χ0v) is 14.5. The van der Waals surface area contributed by atoms with E-state index in [1.54, 1.807) is 12.1 Å². The molecule has 0 radical (unpaired) electrons. The monoisotopic (exact) mass is 361 g/mol. The van der Waals surface area contributed by atoms with Crippen molar-refractivity contribution >= 4 is 35.2 Å². The Morgan fingerprint density at radius 2 is 1.88 bits per heavy atom. The van der Waals surface area contributed by atoms with Gasteiger partial charge in [0.05, 0.1) is 5.02 Å². The number of nitrogens with one attached hydrogen (secondary N) is 1. The van der Waals surface area contributed by atoms with Gasteiger partial charge < -0.3 is 10.1 Å². The van der Waals surface area contributed by atoms with E-state index in [2.05, 4.69) is 5.32 Å². The number of hydrogen-bond donors (Lipinski definition) is 1. The minimum atomic E-state index is -1.01. The van der Waals surface area contributed by atoms with Gasteiger partial charge in [0.25, 0.3) is 5.91 Å². The lowest BCUT2D eigenvalue weighted by atomic mass is 10.2. The molecule has 0 fully saturated rings. The molecule has 1 N–H and O–H groups in total. The Kier molecular flexibility index (Phi) is 6.31. The molecule has 2 rings (SSSR count). The Labute approximate surface area is 150 Å². The number of rotatable bonds is 5. The molecule has 1 amide bonds. The molecule has 2 aromatic rings. The second-order valence-corrected chi connectivity index (χ2v) is 5.81. The topological polar surface area (TPSA) is 55.4 Å². The fraction of sp³-hybridized carbons (Fsp3) is 0.158. The van der Waals surface area contributed by atoms with Gasteiger partial charge in [-0.3, -0.25) is 4.79 Å². The number of hydrogen-bond acceptors (Lipinski definition) is 3. The van der Waals surface area contributed by atoms with E-state index in [0.717, 1.165) is 11.6 Å². The van der Waals surface area contributed by atoms with Crippen LogP contribution in [-0.2, 0) is 14.3 Å². The Hall–Kier alpha value is -2.66. The van der Waals surface area contributed by atoms with E-state index in [4.69, 9.17) is 16.3 Å². The van der Waals surface area contributed by atoms with Crippen LogP contribution in [0.1, 0.15) is 18.1 Å². The fourth-order valence-electron chi connectivity index (χ4n) is 1.97. The van der Waals surface area contributed by atoms with Crippen LogP contribution in [0, 0.1) is 12.7 Å². The number of ether oxygens (including phenoxy) is 1. The number of aryl methyl sites for hydroxylation is 1. The standard InChI is InChI=1S/C19H17ClFNO3/c1-12-6-8-14(9-7-12)22-19(24)13(2)25-18(23)11-10-15-16(20)4-3-5-17(15)21/h3-11,13H,1-2H3,(H,22,24)/b11-10+. The normalized spacial score (nSPS) is 12.0. The van der Waals surface area contributed by atoms with Crippen LogP contribution < -0.4 is 5.32 Å². The van der Waals surface area contributed by atoms with Crippen LogP contribution >= 0.6 is 11.6 Å². The molecular weight excluding hydrogens is 345 g/mol. The molecule has 1 atom stereocenters. The highest BCUT2D eigenvalue weighted by Crippen LogP contribution is 2.20. The molecule has 0 aliphatic heterocycles. The highest BCUT2D eigenvalue weighted by atomic mass is 35.5. The fourth-order valence-corrected chi connectivity index (χ4v) is 2.20. The average molecular weight is 362 g/mol. The lowest BCUT2D eigenvalue weighted by Gasteiger charge is -2.12. The molecule has 0 spiro atoms. The van der Waals surface area contributed by atoms with Gasteiger partial charge in [0.15, 0.2) is 6.10 Å². The van der Waals surface area contributed by atoms with Crippen molar-refractivity contribution in [3.8, 4) is 0 Å². The summed E-state index contributed by atoms with van der Waals surface area (Å²) in [5.41, 5.74) is 1.75. The van der Waals surface area contributed by atoms with E-state index < -0.39 is 23.8 Å². The zero-order chi connectivity index (χ0) is 18.4. The van der Waals surface area contributed by atoms with Crippen molar-refractivity contribution in [2.75, 3.05) is 5.32 Å². The van der Waals surface area contributed by atoms with Gasteiger partial charge in [-0.2, -0.15) is 0 Å². The third kappa shape index (κ3) is 5.43. The Morgan fingerprint density at radius 3 is 2.52 bits per heavy atom. The SMILES string of the molecule is Cc1ccc(NC(=O)C(C)OC(=O)/C=C/c2c(F)cccc2Cl)cc1. The number of halogens is 2. The van der Waals surface area contributed by atoms with Crippen LogP contribution in [0.3, 0.4) is 0 Å². The Balaban J connectivity index is 1.94. The van der Waals surface area contributed by atoms with E-state index in [0.29, 0.717) is 5.69 Å². The van der Waals surface area contributed by atoms with E-state index in [-0.39, 0.29) is 10.6 Å². The minimum absolute atomic E-state index is 0.0814. The van der Waals surface area contributed by atoms with Gasteiger partial charge in [-0.15, -0.1) is 0 Å². The quantitative estimate of drug-likeness (QED) is 0.635. The van der Waals surface area contributed by atoms with Crippen LogP contribution in [-0.4, -0.2) is 18.0 Å². The molecular formula is C19H17ClFNO3. The summed E-state index contributed by atoms with van der Waals surface area (Å²) < 4.78 is 18.6. The number of anilines is 1. The van der Waals surface area contributed by atoms with Crippen molar-refractivity contribution in [1.29, 1.82) is 0 Å². The number of carbonyl (C=O) groups excluding carboxylic acids is 2. The maximum atomic E-state index is 13.6. The van der Waals surface area contributed by atoms with Crippen LogP contribution in [0.15, 0.2) is 48.5 Å². The maximum Gasteiger partial charge on any atom is 0.331 e. The van der Waals surface area contributed by atoms with Crippen LogP contribution in [0.5, 0.6) is 0 Å². The summed E-state index contributed by atoms with van der Waals surface area (Å²) in [5, 5.41) is 2.82. The van der Waals surface area contributed by atoms with Crippen LogP contribution in [0.4, 0.5) is 10.1 Å². The van der Waals surface area contributed by atoms with E-state index in [1.807, 2.05) is 19.1 Å². The Bertz CT molecular complexity index is 783. The molecule has 0 bridgehead atoms. The molecule has 2 aromatic carbocycles. The Morgan fingerprint density at radius 1 is 1.20 bits per heavy atom. The summed E-state index contributed by atoms with van der Waals surface area (Å²) in [6.07, 6.45) is 1.24. The highest BCUT2D eigenvalue weighted by molar-refractivity contribution is 6.32. The van der Waals surface area contributed by atoms with Gasteiger partial charge in [-0.05, 0) is 44.2 Å². The zero-order valence-electron chi connectivity index (χ0n) is 13.8. The van der Waals surface area contributed by atoms with Gasteiger partial charge >= 0.3 is 5.97 Å². The first kappa shape index (κ1) is 18.7. The summed E-state index contributed by atoms with van der Waals surface area (Å²) in [4.78, 5) is 23.8. The molecule has 0 aliphatic carbocycles. The molecule has 25 heavy (non-hydrogen) atoms. The van der Waals surface area contributed by atoms with Crippen molar-refractivity contribution in [2.24, 2.45) is 0 Å². The summed E-state index contributed by atoms with van der Waals surface area (Å²) in [7, 11) is 0. The summed E-state index contributed by atoms with van der Waals surface area (Å²) >= 11 is 5.86. The first-order valence-electron chi connectivity index (χ1n) is 7.57. The maximum absolute atomic E-state index is 13.6. The average Bonchev–Trinajstić information content (AvgIpc) is 2.56. The molecule has 1 unspecified atom stereocenters. The largest absolute Gasteiger partial charge is 0.449 e. The molecule has 0 heterocycles. The van der Waals surface area contributed by atoms with Crippen molar-refractivity contribution in [3.63, 3.8) is 0 Å². The molecule has 0 aliphatic rings. The summed E-state index contributed by atoms with van der Waals surface area (Å²) in [6, 6.07) is 11.4. The van der Waals surface area contributed by atoms with Crippen molar-refractivity contribution in [2.45, 2.75) is 20.0 Å².